The van der Waals surface area contributed by atoms with Gasteiger partial charge in [-0.25, -0.2) is 4.39 Å². The Morgan fingerprint density at radius 1 is 0.955 bits per heavy atom. The van der Waals surface area contributed by atoms with Crippen molar-refractivity contribution in [3.05, 3.63) is 47.5 Å². The highest BCUT2D eigenvalue weighted by Crippen LogP contribution is 2.38. The minimum Gasteiger partial charge on any atom is -0.247 e. The Balaban J connectivity index is 1.82. The summed E-state index contributed by atoms with van der Waals surface area (Å²) in [6, 6.07) is 5.61. The first kappa shape index (κ1) is 17.0. The van der Waals surface area contributed by atoms with E-state index in [0.29, 0.717) is 11.8 Å². The molecule has 0 saturated heterocycles. The molecule has 0 atom stereocenters. The number of rotatable bonds is 5. The maximum Gasteiger partial charge on any atom is 0.416 e. The summed E-state index contributed by atoms with van der Waals surface area (Å²) in [6.45, 7) is -0.402. The molecule has 0 aromatic heterocycles. The van der Waals surface area contributed by atoms with Gasteiger partial charge in [0.25, 0.3) is 0 Å². The van der Waals surface area contributed by atoms with Crippen molar-refractivity contribution in [2.24, 2.45) is 5.92 Å². The molecule has 0 unspecified atom stereocenters. The first-order chi connectivity index (χ1) is 10.5. The first-order valence-corrected chi connectivity index (χ1v) is 7.89. The molecule has 0 heterocycles. The Labute approximate surface area is 129 Å². The van der Waals surface area contributed by atoms with Crippen molar-refractivity contribution in [3.63, 3.8) is 0 Å². The molecule has 0 nitrogen and oxygen atoms in total. The average molecular weight is 314 g/mol. The predicted molar refractivity (Wildman–Crippen MR) is 80.5 cm³/mol. The van der Waals surface area contributed by atoms with Crippen LogP contribution in [0, 0.1) is 5.92 Å². The standard InChI is InChI=1S/C18H22F4/c19-13-3-1-2-4-14-5-7-15(8-6-14)16-9-11-17(12-10-16)18(20,21)22/h1,3,9-12,14-15H,2,4-8,13H2/b3-1+/t14-,15-. The normalized spacial score (nSPS) is 23.1. The number of alkyl halides is 4. The molecule has 122 valence electrons. The molecular formula is C18H22F4. The lowest BCUT2D eigenvalue weighted by Crippen LogP contribution is -2.13. The van der Waals surface area contributed by atoms with Crippen LogP contribution in [-0.2, 0) is 6.18 Å². The SMILES string of the molecule is FC/C=C/CC[C@H]1CC[C@H](c2ccc(C(F)(F)F)cc2)CC1. The van der Waals surface area contributed by atoms with Gasteiger partial charge in [0.1, 0.15) is 6.67 Å². The molecule has 0 spiro atoms. The van der Waals surface area contributed by atoms with Gasteiger partial charge in [0.2, 0.25) is 0 Å². The molecular weight excluding hydrogens is 292 g/mol. The van der Waals surface area contributed by atoms with Gasteiger partial charge in [-0.3, -0.25) is 0 Å². The van der Waals surface area contributed by atoms with Gasteiger partial charge < -0.3 is 0 Å². The summed E-state index contributed by atoms with van der Waals surface area (Å²) in [4.78, 5) is 0. The van der Waals surface area contributed by atoms with Crippen LogP contribution in [0.3, 0.4) is 0 Å². The third kappa shape index (κ3) is 4.85. The van der Waals surface area contributed by atoms with Gasteiger partial charge in [-0.15, -0.1) is 0 Å². The fourth-order valence-corrected chi connectivity index (χ4v) is 3.24. The van der Waals surface area contributed by atoms with Crippen LogP contribution in [0.5, 0.6) is 0 Å². The van der Waals surface area contributed by atoms with Gasteiger partial charge in [-0.2, -0.15) is 13.2 Å². The monoisotopic (exact) mass is 314 g/mol. The van der Waals surface area contributed by atoms with Crippen LogP contribution in [0.4, 0.5) is 17.6 Å². The quantitative estimate of drug-likeness (QED) is 0.443. The Hall–Kier alpha value is -1.32. The van der Waals surface area contributed by atoms with Crippen molar-refractivity contribution in [2.75, 3.05) is 6.67 Å². The second kappa shape index (κ2) is 7.80. The molecule has 0 radical (unpaired) electrons. The van der Waals surface area contributed by atoms with Crippen molar-refractivity contribution in [1.82, 2.24) is 0 Å². The highest BCUT2D eigenvalue weighted by molar-refractivity contribution is 5.27. The minimum atomic E-state index is -4.26. The zero-order valence-corrected chi connectivity index (χ0v) is 12.6. The van der Waals surface area contributed by atoms with Gasteiger partial charge in [-0.05, 0) is 68.1 Å². The van der Waals surface area contributed by atoms with Crippen molar-refractivity contribution in [1.29, 1.82) is 0 Å². The second-order valence-corrected chi connectivity index (χ2v) is 6.04. The molecule has 22 heavy (non-hydrogen) atoms. The molecule has 1 fully saturated rings. The number of hydrogen-bond donors (Lipinski definition) is 0. The molecule has 0 aliphatic heterocycles. The summed E-state index contributed by atoms with van der Waals surface area (Å²) in [5, 5.41) is 0. The molecule has 1 aliphatic carbocycles. The molecule has 4 heteroatoms. The van der Waals surface area contributed by atoms with Gasteiger partial charge in [0, 0.05) is 0 Å². The summed E-state index contributed by atoms with van der Waals surface area (Å²) >= 11 is 0. The van der Waals surface area contributed by atoms with Gasteiger partial charge in [-0.1, -0.05) is 24.3 Å². The summed E-state index contributed by atoms with van der Waals surface area (Å²) in [6.07, 6.45) is 5.45. The highest BCUT2D eigenvalue weighted by Gasteiger charge is 2.30. The summed E-state index contributed by atoms with van der Waals surface area (Å²) in [5.74, 6) is 1.04. The Morgan fingerprint density at radius 2 is 1.59 bits per heavy atom. The largest absolute Gasteiger partial charge is 0.416 e. The fourth-order valence-electron chi connectivity index (χ4n) is 3.24. The number of benzene rings is 1. The fraction of sp³-hybridized carbons (Fsp3) is 0.556. The molecule has 0 N–H and O–H groups in total. The van der Waals surface area contributed by atoms with E-state index in [1.165, 1.54) is 12.1 Å². The lowest BCUT2D eigenvalue weighted by Gasteiger charge is -2.28. The van der Waals surface area contributed by atoms with Gasteiger partial charge in [0.15, 0.2) is 0 Å². The number of halogens is 4. The van der Waals surface area contributed by atoms with Crippen molar-refractivity contribution < 1.29 is 17.6 Å². The highest BCUT2D eigenvalue weighted by atomic mass is 19.4. The Kier molecular flexibility index (Phi) is 6.04. The van der Waals surface area contributed by atoms with E-state index in [1.54, 1.807) is 18.2 Å². The van der Waals surface area contributed by atoms with Crippen LogP contribution in [0.15, 0.2) is 36.4 Å². The van der Waals surface area contributed by atoms with Crippen LogP contribution in [0.2, 0.25) is 0 Å². The first-order valence-electron chi connectivity index (χ1n) is 7.89. The van der Waals surface area contributed by atoms with Crippen molar-refractivity contribution >= 4 is 0 Å². The van der Waals surface area contributed by atoms with E-state index < -0.39 is 18.4 Å². The maximum atomic E-state index is 12.6. The van der Waals surface area contributed by atoms with Crippen LogP contribution >= 0.6 is 0 Å². The predicted octanol–water partition coefficient (Wildman–Crippen LogP) is 6.29. The lowest BCUT2D eigenvalue weighted by atomic mass is 9.77. The minimum absolute atomic E-state index is 0.375. The lowest BCUT2D eigenvalue weighted by molar-refractivity contribution is -0.137. The number of allylic oxidation sites excluding steroid dienone is 2. The van der Waals surface area contributed by atoms with Crippen molar-refractivity contribution in [2.45, 2.75) is 50.6 Å². The van der Waals surface area contributed by atoms with Crippen molar-refractivity contribution in [3.8, 4) is 0 Å². The van der Waals surface area contributed by atoms with E-state index >= 15 is 0 Å². The van der Waals surface area contributed by atoms with E-state index in [1.807, 2.05) is 6.08 Å². The molecule has 1 aromatic rings. The smallest absolute Gasteiger partial charge is 0.247 e. The van der Waals surface area contributed by atoms with E-state index in [9.17, 15) is 17.6 Å². The van der Waals surface area contributed by atoms with E-state index in [4.69, 9.17) is 0 Å². The molecule has 0 bridgehead atoms. The van der Waals surface area contributed by atoms with E-state index in [2.05, 4.69) is 0 Å². The molecule has 1 aromatic carbocycles. The van der Waals surface area contributed by atoms with Crippen LogP contribution in [0.25, 0.3) is 0 Å². The van der Waals surface area contributed by atoms with Crippen LogP contribution in [-0.4, -0.2) is 6.67 Å². The number of hydrogen-bond acceptors (Lipinski definition) is 0. The van der Waals surface area contributed by atoms with Crippen LogP contribution in [0.1, 0.15) is 55.6 Å². The summed E-state index contributed by atoms with van der Waals surface area (Å²) < 4.78 is 49.6. The molecule has 2 rings (SSSR count). The Morgan fingerprint density at radius 3 is 2.14 bits per heavy atom. The van der Waals surface area contributed by atoms with E-state index in [0.717, 1.165) is 44.1 Å². The molecule has 1 saturated carbocycles. The van der Waals surface area contributed by atoms with E-state index in [-0.39, 0.29) is 0 Å². The van der Waals surface area contributed by atoms with Gasteiger partial charge >= 0.3 is 6.18 Å². The van der Waals surface area contributed by atoms with Gasteiger partial charge in [0.05, 0.1) is 5.56 Å². The molecule has 1 aliphatic rings. The maximum absolute atomic E-state index is 12.6. The second-order valence-electron chi connectivity index (χ2n) is 6.04. The summed E-state index contributed by atoms with van der Waals surface area (Å²) in [7, 11) is 0. The molecule has 0 amide bonds. The third-order valence-corrected chi connectivity index (χ3v) is 4.55. The Bertz CT molecular complexity index is 465. The zero-order chi connectivity index (χ0) is 16.0. The third-order valence-electron chi connectivity index (χ3n) is 4.55. The van der Waals surface area contributed by atoms with Crippen LogP contribution < -0.4 is 0 Å². The topological polar surface area (TPSA) is 0 Å². The average Bonchev–Trinajstić information content (AvgIpc) is 2.51. The summed E-state index contributed by atoms with van der Waals surface area (Å²) in [5.41, 5.74) is 0.438. The zero-order valence-electron chi connectivity index (χ0n) is 12.6.